The second-order valence-corrected chi connectivity index (χ2v) is 5.58. The van der Waals surface area contributed by atoms with Gasteiger partial charge < -0.3 is 19.0 Å². The smallest absolute Gasteiger partial charge is 0.109 e. The average Bonchev–Trinajstić information content (AvgIpc) is 3.22. The quantitative estimate of drug-likeness (QED) is 0.851. The lowest BCUT2D eigenvalue weighted by atomic mass is 10.2. The summed E-state index contributed by atoms with van der Waals surface area (Å²) in [6.45, 7) is 5.94. The van der Waals surface area contributed by atoms with Crippen LogP contribution in [0.2, 0.25) is 0 Å². The topological polar surface area (TPSA) is 39.3 Å². The Hall–Kier alpha value is -1.52. The van der Waals surface area contributed by atoms with E-state index in [2.05, 4.69) is 28.9 Å². The number of furan rings is 1. The minimum absolute atomic E-state index is 0.401. The molecule has 0 unspecified atom stereocenters. The number of hydrogen-bond donors (Lipinski definition) is 1. The number of nitrogens with zero attached hydrogens (tertiary/aromatic N) is 1. The molecule has 21 heavy (non-hydrogen) atoms. The van der Waals surface area contributed by atoms with Gasteiger partial charge in [0.15, 0.2) is 0 Å². The van der Waals surface area contributed by atoms with Crippen molar-refractivity contribution < 1.29 is 9.15 Å². The summed E-state index contributed by atoms with van der Waals surface area (Å²) in [5.41, 5.74) is 2.64. The fraction of sp³-hybridized carbons (Fsp3) is 0.529. The van der Waals surface area contributed by atoms with E-state index in [1.165, 1.54) is 24.2 Å². The van der Waals surface area contributed by atoms with Gasteiger partial charge in [-0.3, -0.25) is 0 Å². The van der Waals surface area contributed by atoms with E-state index in [1.54, 1.807) is 6.26 Å². The number of aromatic nitrogens is 1. The molecule has 1 N–H and O–H groups in total. The molecule has 1 aliphatic heterocycles. The molecule has 3 rings (SSSR count). The van der Waals surface area contributed by atoms with E-state index in [4.69, 9.17) is 9.15 Å². The van der Waals surface area contributed by atoms with Gasteiger partial charge in [-0.15, -0.1) is 0 Å². The maximum atomic E-state index is 5.64. The Kier molecular flexibility index (Phi) is 4.78. The summed E-state index contributed by atoms with van der Waals surface area (Å²) in [5, 5.41) is 3.52. The minimum atomic E-state index is 0.401. The Morgan fingerprint density at radius 2 is 2.19 bits per heavy atom. The van der Waals surface area contributed by atoms with Gasteiger partial charge >= 0.3 is 0 Å². The monoisotopic (exact) mass is 288 g/mol. The van der Waals surface area contributed by atoms with Gasteiger partial charge in [0, 0.05) is 44.0 Å². The van der Waals surface area contributed by atoms with E-state index >= 15 is 0 Å². The van der Waals surface area contributed by atoms with E-state index in [1.807, 2.05) is 12.1 Å². The van der Waals surface area contributed by atoms with Gasteiger partial charge in [0.2, 0.25) is 0 Å². The van der Waals surface area contributed by atoms with Crippen LogP contribution in [0.25, 0.3) is 0 Å². The molecule has 2 aromatic heterocycles. The summed E-state index contributed by atoms with van der Waals surface area (Å²) in [6.07, 6.45) is 5.37. The molecule has 0 amide bonds. The van der Waals surface area contributed by atoms with Gasteiger partial charge in [-0.2, -0.15) is 0 Å². The van der Waals surface area contributed by atoms with E-state index in [0.717, 1.165) is 38.4 Å². The Morgan fingerprint density at radius 1 is 1.29 bits per heavy atom. The molecule has 0 bridgehead atoms. The largest absolute Gasteiger partial charge is 0.469 e. The van der Waals surface area contributed by atoms with Gasteiger partial charge in [-0.1, -0.05) is 0 Å². The maximum Gasteiger partial charge on any atom is 0.109 e. The summed E-state index contributed by atoms with van der Waals surface area (Å²) in [5.74, 6) is 1.02. The van der Waals surface area contributed by atoms with Crippen LogP contribution in [-0.2, 0) is 24.2 Å². The van der Waals surface area contributed by atoms with Gasteiger partial charge in [0.05, 0.1) is 12.4 Å². The van der Waals surface area contributed by atoms with Crippen LogP contribution in [-0.4, -0.2) is 23.8 Å². The third-order valence-electron chi connectivity index (χ3n) is 4.12. The predicted molar refractivity (Wildman–Crippen MR) is 82.3 cm³/mol. The van der Waals surface area contributed by atoms with Crippen molar-refractivity contribution in [3.8, 4) is 0 Å². The van der Waals surface area contributed by atoms with Crippen molar-refractivity contribution in [3.63, 3.8) is 0 Å². The van der Waals surface area contributed by atoms with Crippen molar-refractivity contribution in [2.45, 2.75) is 45.4 Å². The molecule has 0 aromatic carbocycles. The van der Waals surface area contributed by atoms with Crippen LogP contribution in [0.3, 0.4) is 0 Å². The van der Waals surface area contributed by atoms with Crippen LogP contribution in [0, 0.1) is 0 Å². The number of nitrogens with one attached hydrogen (secondary N) is 1. The molecule has 1 atom stereocenters. The number of hydrogen-bond acceptors (Lipinski definition) is 3. The Balaban J connectivity index is 1.58. The Morgan fingerprint density at radius 3 is 2.90 bits per heavy atom. The molecule has 1 aliphatic rings. The van der Waals surface area contributed by atoms with Crippen LogP contribution in [0.5, 0.6) is 0 Å². The lowest BCUT2D eigenvalue weighted by molar-refractivity contribution is 0.110. The second-order valence-electron chi connectivity index (χ2n) is 5.58. The maximum absolute atomic E-state index is 5.64. The number of rotatable bonds is 7. The summed E-state index contributed by atoms with van der Waals surface area (Å²) < 4.78 is 13.5. The first-order valence-corrected chi connectivity index (χ1v) is 7.89. The predicted octanol–water partition coefficient (Wildman–Crippen LogP) is 2.96. The highest BCUT2D eigenvalue weighted by atomic mass is 16.5. The van der Waals surface area contributed by atoms with Crippen LogP contribution in [0.15, 0.2) is 34.9 Å². The molecule has 4 nitrogen and oxygen atoms in total. The highest BCUT2D eigenvalue weighted by Gasteiger charge is 2.15. The molecular formula is C17H24N2O2. The Bertz CT molecular complexity index is 539. The standard InChI is InChI=1S/C17H24N2O2/c1-2-19-14(11-16-5-3-9-20-16)7-8-15(19)12-18-13-17-6-4-10-21-17/h3,5,7-9,17-18H,2,4,6,10-13H2,1H3/t17-/m0/s1. The minimum Gasteiger partial charge on any atom is -0.469 e. The van der Waals surface area contributed by atoms with Crippen LogP contribution >= 0.6 is 0 Å². The molecule has 4 heteroatoms. The van der Waals surface area contributed by atoms with E-state index < -0.39 is 0 Å². The highest BCUT2D eigenvalue weighted by Crippen LogP contribution is 2.15. The fourth-order valence-corrected chi connectivity index (χ4v) is 3.03. The molecule has 1 fully saturated rings. The molecule has 0 saturated carbocycles. The van der Waals surface area contributed by atoms with Crippen molar-refractivity contribution in [3.05, 3.63) is 47.7 Å². The highest BCUT2D eigenvalue weighted by molar-refractivity contribution is 5.21. The zero-order chi connectivity index (χ0) is 14.5. The molecular weight excluding hydrogens is 264 g/mol. The van der Waals surface area contributed by atoms with Gasteiger partial charge in [0.25, 0.3) is 0 Å². The zero-order valence-corrected chi connectivity index (χ0v) is 12.7. The van der Waals surface area contributed by atoms with Gasteiger partial charge in [-0.05, 0) is 44.0 Å². The SMILES string of the molecule is CCn1c(CNC[C@@H]2CCCO2)ccc1Cc1ccco1. The molecule has 3 heterocycles. The fourth-order valence-electron chi connectivity index (χ4n) is 3.03. The first kappa shape index (κ1) is 14.4. The lowest BCUT2D eigenvalue weighted by Gasteiger charge is -2.13. The van der Waals surface area contributed by atoms with Crippen LogP contribution in [0.4, 0.5) is 0 Å². The summed E-state index contributed by atoms with van der Waals surface area (Å²) in [6, 6.07) is 8.39. The molecule has 0 spiro atoms. The van der Waals surface area contributed by atoms with Crippen molar-refractivity contribution in [1.82, 2.24) is 9.88 Å². The molecule has 114 valence electrons. The summed E-state index contributed by atoms with van der Waals surface area (Å²) in [4.78, 5) is 0. The van der Waals surface area contributed by atoms with E-state index in [9.17, 15) is 0 Å². The van der Waals surface area contributed by atoms with Crippen molar-refractivity contribution in [1.29, 1.82) is 0 Å². The molecule has 0 radical (unpaired) electrons. The van der Waals surface area contributed by atoms with Gasteiger partial charge in [0.1, 0.15) is 5.76 Å². The average molecular weight is 288 g/mol. The van der Waals surface area contributed by atoms with Crippen LogP contribution in [0.1, 0.15) is 36.9 Å². The summed E-state index contributed by atoms with van der Waals surface area (Å²) >= 11 is 0. The lowest BCUT2D eigenvalue weighted by Crippen LogP contribution is -2.26. The van der Waals surface area contributed by atoms with Crippen molar-refractivity contribution in [2.75, 3.05) is 13.2 Å². The third-order valence-corrected chi connectivity index (χ3v) is 4.12. The van der Waals surface area contributed by atoms with Crippen LogP contribution < -0.4 is 5.32 Å². The zero-order valence-electron chi connectivity index (χ0n) is 12.7. The second kappa shape index (κ2) is 6.96. The Labute approximate surface area is 126 Å². The summed E-state index contributed by atoms with van der Waals surface area (Å²) in [7, 11) is 0. The molecule has 1 saturated heterocycles. The number of ether oxygens (including phenoxy) is 1. The third kappa shape index (κ3) is 3.57. The van der Waals surface area contributed by atoms with Crippen molar-refractivity contribution in [2.24, 2.45) is 0 Å². The van der Waals surface area contributed by atoms with Gasteiger partial charge in [-0.25, -0.2) is 0 Å². The molecule has 0 aliphatic carbocycles. The first-order valence-electron chi connectivity index (χ1n) is 7.89. The molecule has 2 aromatic rings. The first-order chi connectivity index (χ1) is 10.4. The van der Waals surface area contributed by atoms with E-state index in [-0.39, 0.29) is 0 Å². The van der Waals surface area contributed by atoms with E-state index in [0.29, 0.717) is 6.10 Å². The normalized spacial score (nSPS) is 18.4. The van der Waals surface area contributed by atoms with Crippen molar-refractivity contribution >= 4 is 0 Å².